The highest BCUT2D eigenvalue weighted by molar-refractivity contribution is 9.09. The molecule has 18 heavy (non-hydrogen) atoms. The summed E-state index contributed by atoms with van der Waals surface area (Å²) in [5, 5.41) is 0.785. The van der Waals surface area contributed by atoms with Gasteiger partial charge in [0.15, 0.2) is 0 Å². The molecule has 2 nitrogen and oxygen atoms in total. The third kappa shape index (κ3) is 3.35. The van der Waals surface area contributed by atoms with Gasteiger partial charge in [0.1, 0.15) is 0 Å². The van der Waals surface area contributed by atoms with E-state index in [1.54, 1.807) is 4.90 Å². The standard InChI is InChI=1S/C15H22BrNO/c1-11(10-16)17(5)14(18)12-8-6-7-9-13(12)15(2,3)4/h6-9,11H,10H2,1-5H3. The summed E-state index contributed by atoms with van der Waals surface area (Å²) in [5.74, 6) is 0.0903. The van der Waals surface area contributed by atoms with Crippen LogP contribution in [0.4, 0.5) is 0 Å². The van der Waals surface area contributed by atoms with E-state index >= 15 is 0 Å². The van der Waals surface area contributed by atoms with Crippen LogP contribution in [0.5, 0.6) is 0 Å². The van der Waals surface area contributed by atoms with E-state index in [2.05, 4.69) is 36.7 Å². The topological polar surface area (TPSA) is 20.3 Å². The number of rotatable bonds is 3. The molecule has 100 valence electrons. The molecule has 0 fully saturated rings. The normalized spacial score (nSPS) is 13.2. The van der Waals surface area contributed by atoms with Crippen LogP contribution in [-0.2, 0) is 5.41 Å². The van der Waals surface area contributed by atoms with Gasteiger partial charge in [-0.05, 0) is 24.0 Å². The monoisotopic (exact) mass is 311 g/mol. The number of carbonyl (C=O) groups excluding carboxylic acids is 1. The van der Waals surface area contributed by atoms with Crippen molar-refractivity contribution in [1.82, 2.24) is 4.90 Å². The Hall–Kier alpha value is -0.830. The van der Waals surface area contributed by atoms with E-state index < -0.39 is 0 Å². The molecule has 0 saturated carbocycles. The van der Waals surface area contributed by atoms with E-state index in [9.17, 15) is 4.79 Å². The summed E-state index contributed by atoms with van der Waals surface area (Å²) in [6.45, 7) is 8.43. The van der Waals surface area contributed by atoms with Gasteiger partial charge in [0.05, 0.1) is 0 Å². The lowest BCUT2D eigenvalue weighted by Crippen LogP contribution is -2.37. The Morgan fingerprint density at radius 2 is 1.89 bits per heavy atom. The Kier molecular flexibility index (Phi) is 4.97. The van der Waals surface area contributed by atoms with Crippen LogP contribution in [0.2, 0.25) is 0 Å². The fourth-order valence-electron chi connectivity index (χ4n) is 1.82. The lowest BCUT2D eigenvalue weighted by Gasteiger charge is -2.27. The quantitative estimate of drug-likeness (QED) is 0.777. The molecule has 0 saturated heterocycles. The molecule has 0 aromatic heterocycles. The smallest absolute Gasteiger partial charge is 0.254 e. The third-order valence-corrected chi connectivity index (χ3v) is 4.11. The molecule has 1 atom stereocenters. The van der Waals surface area contributed by atoms with E-state index in [1.807, 2.05) is 38.2 Å². The molecular formula is C15H22BrNO. The van der Waals surface area contributed by atoms with Crippen molar-refractivity contribution in [1.29, 1.82) is 0 Å². The minimum atomic E-state index is -0.0231. The van der Waals surface area contributed by atoms with Crippen molar-refractivity contribution in [2.75, 3.05) is 12.4 Å². The van der Waals surface area contributed by atoms with Crippen molar-refractivity contribution >= 4 is 21.8 Å². The number of hydrogen-bond donors (Lipinski definition) is 0. The molecule has 0 spiro atoms. The molecular weight excluding hydrogens is 290 g/mol. The summed E-state index contributed by atoms with van der Waals surface area (Å²) in [6, 6.07) is 8.06. The lowest BCUT2D eigenvalue weighted by molar-refractivity contribution is 0.0755. The molecule has 0 heterocycles. The Morgan fingerprint density at radius 3 is 2.39 bits per heavy atom. The van der Waals surface area contributed by atoms with Crippen LogP contribution in [0.1, 0.15) is 43.6 Å². The van der Waals surface area contributed by atoms with E-state index in [1.165, 1.54) is 0 Å². The zero-order valence-corrected chi connectivity index (χ0v) is 13.4. The average Bonchev–Trinajstić information content (AvgIpc) is 2.35. The third-order valence-electron chi connectivity index (χ3n) is 3.17. The van der Waals surface area contributed by atoms with E-state index in [4.69, 9.17) is 0 Å². The first-order chi connectivity index (χ1) is 8.29. The maximum Gasteiger partial charge on any atom is 0.254 e. The van der Waals surface area contributed by atoms with Gasteiger partial charge in [0, 0.05) is 24.0 Å². The fourth-order valence-corrected chi connectivity index (χ4v) is 2.25. The number of amides is 1. The highest BCUT2D eigenvalue weighted by atomic mass is 79.9. The molecule has 1 rings (SSSR count). The minimum Gasteiger partial charge on any atom is -0.338 e. The highest BCUT2D eigenvalue weighted by Gasteiger charge is 2.24. The molecule has 0 bridgehead atoms. The average molecular weight is 312 g/mol. The van der Waals surface area contributed by atoms with Gasteiger partial charge in [-0.15, -0.1) is 0 Å². The van der Waals surface area contributed by atoms with Crippen LogP contribution in [0.15, 0.2) is 24.3 Å². The van der Waals surface area contributed by atoms with Crippen LogP contribution in [0, 0.1) is 0 Å². The second kappa shape index (κ2) is 5.87. The second-order valence-electron chi connectivity index (χ2n) is 5.71. The van der Waals surface area contributed by atoms with Gasteiger partial charge < -0.3 is 4.90 Å². The summed E-state index contributed by atoms with van der Waals surface area (Å²) >= 11 is 3.42. The molecule has 3 heteroatoms. The van der Waals surface area contributed by atoms with E-state index in [0.29, 0.717) is 0 Å². The Bertz CT molecular complexity index is 423. The Labute approximate surface area is 119 Å². The number of hydrogen-bond acceptors (Lipinski definition) is 1. The Balaban J connectivity index is 3.14. The second-order valence-corrected chi connectivity index (χ2v) is 6.36. The first-order valence-electron chi connectivity index (χ1n) is 6.21. The molecule has 1 amide bonds. The van der Waals surface area contributed by atoms with Crippen molar-refractivity contribution < 1.29 is 4.79 Å². The summed E-state index contributed by atoms with van der Waals surface area (Å²) in [5.41, 5.74) is 1.88. The fraction of sp³-hybridized carbons (Fsp3) is 0.533. The number of halogens is 1. The highest BCUT2D eigenvalue weighted by Crippen LogP contribution is 2.26. The summed E-state index contributed by atoms with van der Waals surface area (Å²) in [4.78, 5) is 14.3. The van der Waals surface area contributed by atoms with Gasteiger partial charge in [-0.3, -0.25) is 4.79 Å². The predicted molar refractivity (Wildman–Crippen MR) is 80.5 cm³/mol. The Morgan fingerprint density at radius 1 is 1.33 bits per heavy atom. The van der Waals surface area contributed by atoms with Crippen LogP contribution in [-0.4, -0.2) is 29.2 Å². The largest absolute Gasteiger partial charge is 0.338 e. The molecule has 0 N–H and O–H groups in total. The SMILES string of the molecule is CC(CBr)N(C)C(=O)c1ccccc1C(C)(C)C. The molecule has 0 radical (unpaired) electrons. The van der Waals surface area contributed by atoms with Crippen molar-refractivity contribution in [2.45, 2.75) is 39.2 Å². The number of benzene rings is 1. The van der Waals surface area contributed by atoms with Crippen LogP contribution >= 0.6 is 15.9 Å². The molecule has 0 aliphatic carbocycles. The minimum absolute atomic E-state index is 0.0231. The van der Waals surface area contributed by atoms with Gasteiger partial charge in [-0.1, -0.05) is 54.9 Å². The summed E-state index contributed by atoms with van der Waals surface area (Å²) in [6.07, 6.45) is 0. The van der Waals surface area contributed by atoms with Gasteiger partial charge in [0.2, 0.25) is 0 Å². The van der Waals surface area contributed by atoms with Crippen LogP contribution < -0.4 is 0 Å². The number of carbonyl (C=O) groups is 1. The summed E-state index contributed by atoms with van der Waals surface area (Å²) < 4.78 is 0. The van der Waals surface area contributed by atoms with Crippen LogP contribution in [0.3, 0.4) is 0 Å². The zero-order chi connectivity index (χ0) is 13.9. The predicted octanol–water partition coefficient (Wildman–Crippen LogP) is 3.84. The van der Waals surface area contributed by atoms with Gasteiger partial charge >= 0.3 is 0 Å². The maximum atomic E-state index is 12.5. The maximum absolute atomic E-state index is 12.5. The van der Waals surface area contributed by atoms with Crippen molar-refractivity contribution in [3.05, 3.63) is 35.4 Å². The molecule has 0 aliphatic heterocycles. The van der Waals surface area contributed by atoms with Gasteiger partial charge in [-0.2, -0.15) is 0 Å². The van der Waals surface area contributed by atoms with Gasteiger partial charge in [-0.25, -0.2) is 0 Å². The van der Waals surface area contributed by atoms with Crippen molar-refractivity contribution in [3.8, 4) is 0 Å². The lowest BCUT2D eigenvalue weighted by atomic mass is 9.83. The van der Waals surface area contributed by atoms with Crippen LogP contribution in [0.25, 0.3) is 0 Å². The molecule has 0 aliphatic rings. The molecule has 1 aromatic carbocycles. The van der Waals surface area contributed by atoms with Gasteiger partial charge in [0.25, 0.3) is 5.91 Å². The van der Waals surface area contributed by atoms with Crippen molar-refractivity contribution in [3.63, 3.8) is 0 Å². The molecule has 1 unspecified atom stereocenters. The number of nitrogens with zero attached hydrogens (tertiary/aromatic N) is 1. The van der Waals surface area contributed by atoms with E-state index in [0.717, 1.165) is 16.5 Å². The first kappa shape index (κ1) is 15.2. The van der Waals surface area contributed by atoms with Crippen molar-refractivity contribution in [2.24, 2.45) is 0 Å². The number of alkyl halides is 1. The first-order valence-corrected chi connectivity index (χ1v) is 7.33. The summed E-state index contributed by atoms with van der Waals surface area (Å²) in [7, 11) is 1.85. The van der Waals surface area contributed by atoms with E-state index in [-0.39, 0.29) is 17.4 Å². The zero-order valence-electron chi connectivity index (χ0n) is 11.8. The molecule has 1 aromatic rings.